The van der Waals surface area contributed by atoms with Crippen molar-refractivity contribution in [2.45, 2.75) is 70.1 Å². The molecule has 10 nitrogen and oxygen atoms in total. The van der Waals surface area contributed by atoms with Gasteiger partial charge in [0, 0.05) is 36.6 Å². The van der Waals surface area contributed by atoms with Crippen LogP contribution in [0.15, 0.2) is 30.5 Å². The maximum Gasteiger partial charge on any atom is 0.326 e. The number of carboxylic acid groups (broad SMARTS) is 1. The maximum atomic E-state index is 13.9. The molecule has 5 N–H and O–H groups in total. The van der Waals surface area contributed by atoms with Crippen molar-refractivity contribution < 1.29 is 24.3 Å². The fourth-order valence-corrected chi connectivity index (χ4v) is 5.26. The lowest BCUT2D eigenvalue weighted by molar-refractivity contribution is -0.152. The first-order valence-corrected chi connectivity index (χ1v) is 12.6. The third kappa shape index (κ3) is 5.09. The van der Waals surface area contributed by atoms with Crippen LogP contribution in [0.4, 0.5) is 0 Å². The highest BCUT2D eigenvalue weighted by Crippen LogP contribution is 2.27. The Balaban J connectivity index is 1.59. The van der Waals surface area contributed by atoms with Crippen molar-refractivity contribution >= 4 is 34.6 Å². The zero-order valence-corrected chi connectivity index (χ0v) is 20.8. The summed E-state index contributed by atoms with van der Waals surface area (Å²) in [5.74, 6) is -2.24. The average molecular weight is 498 g/mol. The highest BCUT2D eigenvalue weighted by atomic mass is 16.4. The fourth-order valence-electron chi connectivity index (χ4n) is 5.26. The summed E-state index contributed by atoms with van der Waals surface area (Å²) in [6.45, 7) is 4.42. The van der Waals surface area contributed by atoms with Gasteiger partial charge in [-0.05, 0) is 43.2 Å². The van der Waals surface area contributed by atoms with Gasteiger partial charge in [-0.15, -0.1) is 0 Å². The van der Waals surface area contributed by atoms with E-state index in [1.165, 1.54) is 9.80 Å². The molecule has 1 aromatic heterocycles. The summed E-state index contributed by atoms with van der Waals surface area (Å²) in [5, 5.41) is 13.3. The van der Waals surface area contributed by atoms with Crippen molar-refractivity contribution in [1.82, 2.24) is 20.1 Å². The number of amides is 3. The number of nitrogens with one attached hydrogen (secondary N) is 2. The molecule has 0 bridgehead atoms. The molecular weight excluding hydrogens is 462 g/mol. The van der Waals surface area contributed by atoms with E-state index in [1.54, 1.807) is 0 Å². The average Bonchev–Trinajstić information content (AvgIpc) is 3.62. The van der Waals surface area contributed by atoms with Gasteiger partial charge < -0.3 is 30.9 Å². The number of para-hydroxylation sites is 1. The highest BCUT2D eigenvalue weighted by Gasteiger charge is 2.43. The first-order chi connectivity index (χ1) is 17.2. The molecule has 3 heterocycles. The second-order valence-corrected chi connectivity index (χ2v) is 10.1. The Kier molecular flexibility index (Phi) is 7.63. The SMILES string of the molecule is CC(C)C(N)C(=O)NC(Cc1c[nH]c2ccccc12)C(=O)N1CCCC1C(=O)N1CCCC1C(=O)O. The van der Waals surface area contributed by atoms with Crippen LogP contribution >= 0.6 is 0 Å². The standard InChI is InChI=1S/C26H35N5O5/c1-15(2)22(27)23(32)29-19(13-16-14-28-18-8-4-3-7-17(16)18)24(33)30-11-5-9-20(30)25(34)31-12-6-10-21(31)26(35)36/h3-4,7-8,14-15,19-22,28H,5-6,9-13,27H2,1-2H3,(H,29,32)(H,35,36). The Morgan fingerprint density at radius 2 is 1.75 bits per heavy atom. The number of fused-ring (bicyclic) bond motifs is 1. The summed E-state index contributed by atoms with van der Waals surface area (Å²) in [6, 6.07) is 4.42. The molecule has 4 rings (SSSR count). The lowest BCUT2D eigenvalue weighted by atomic mass is 10.0. The van der Waals surface area contributed by atoms with E-state index in [0.717, 1.165) is 16.5 Å². The molecule has 2 aliphatic rings. The minimum absolute atomic E-state index is 0.113. The second-order valence-electron chi connectivity index (χ2n) is 10.1. The molecule has 2 saturated heterocycles. The lowest BCUT2D eigenvalue weighted by Crippen LogP contribution is -2.57. The predicted octanol–water partition coefficient (Wildman–Crippen LogP) is 1.25. The minimum atomic E-state index is -1.02. The van der Waals surface area contributed by atoms with E-state index in [9.17, 15) is 24.3 Å². The van der Waals surface area contributed by atoms with Gasteiger partial charge in [0.05, 0.1) is 6.04 Å². The summed E-state index contributed by atoms with van der Waals surface area (Å²) in [4.78, 5) is 57.9. The molecule has 4 atom stereocenters. The fraction of sp³-hybridized carbons (Fsp3) is 0.538. The molecule has 36 heavy (non-hydrogen) atoms. The molecule has 1 aromatic carbocycles. The largest absolute Gasteiger partial charge is 0.480 e. The molecule has 0 saturated carbocycles. The zero-order chi connectivity index (χ0) is 26.0. The number of hydrogen-bond acceptors (Lipinski definition) is 5. The van der Waals surface area contributed by atoms with Gasteiger partial charge in [-0.3, -0.25) is 14.4 Å². The normalized spacial score (nSPS) is 21.7. The number of rotatable bonds is 8. The van der Waals surface area contributed by atoms with E-state index in [1.807, 2.05) is 44.3 Å². The van der Waals surface area contributed by atoms with E-state index >= 15 is 0 Å². The Hall–Kier alpha value is -3.40. The number of benzene rings is 1. The van der Waals surface area contributed by atoms with Gasteiger partial charge in [-0.25, -0.2) is 4.79 Å². The Labute approximate surface area is 210 Å². The third-order valence-corrected chi connectivity index (χ3v) is 7.38. The molecule has 2 aliphatic heterocycles. The van der Waals surface area contributed by atoms with Crippen LogP contribution in [0.1, 0.15) is 45.1 Å². The van der Waals surface area contributed by atoms with Gasteiger partial charge in [-0.1, -0.05) is 32.0 Å². The van der Waals surface area contributed by atoms with Crippen LogP contribution in [-0.4, -0.2) is 80.8 Å². The number of hydrogen-bond donors (Lipinski definition) is 4. The highest BCUT2D eigenvalue weighted by molar-refractivity contribution is 5.95. The van der Waals surface area contributed by atoms with Gasteiger partial charge in [0.25, 0.3) is 0 Å². The Bertz CT molecular complexity index is 1140. The van der Waals surface area contributed by atoms with Gasteiger partial charge in [0.15, 0.2) is 0 Å². The number of carbonyl (C=O) groups excluding carboxylic acids is 3. The van der Waals surface area contributed by atoms with Crippen molar-refractivity contribution in [3.8, 4) is 0 Å². The smallest absolute Gasteiger partial charge is 0.326 e. The van der Waals surface area contributed by atoms with Crippen molar-refractivity contribution in [3.05, 3.63) is 36.0 Å². The molecule has 194 valence electrons. The Morgan fingerprint density at radius 3 is 2.44 bits per heavy atom. The molecule has 3 amide bonds. The number of aromatic amines is 1. The quantitative estimate of drug-likeness (QED) is 0.431. The number of carboxylic acids is 1. The molecule has 4 unspecified atom stereocenters. The third-order valence-electron chi connectivity index (χ3n) is 7.38. The van der Waals surface area contributed by atoms with E-state index < -0.39 is 36.0 Å². The summed E-state index contributed by atoms with van der Waals surface area (Å²) in [6.07, 6.45) is 4.19. The number of likely N-dealkylation sites (tertiary alicyclic amines) is 2. The molecule has 10 heteroatoms. The van der Waals surface area contributed by atoms with E-state index in [4.69, 9.17) is 5.73 Å². The predicted molar refractivity (Wildman–Crippen MR) is 134 cm³/mol. The minimum Gasteiger partial charge on any atom is -0.480 e. The van der Waals surface area contributed by atoms with Gasteiger partial charge >= 0.3 is 5.97 Å². The molecule has 2 fully saturated rings. The van der Waals surface area contributed by atoms with Crippen LogP contribution in [0.5, 0.6) is 0 Å². The monoisotopic (exact) mass is 497 g/mol. The number of nitrogens with two attached hydrogens (primary N) is 1. The van der Waals surface area contributed by atoms with Crippen LogP contribution < -0.4 is 11.1 Å². The van der Waals surface area contributed by atoms with E-state index in [-0.39, 0.29) is 24.2 Å². The maximum absolute atomic E-state index is 13.9. The molecule has 0 aliphatic carbocycles. The van der Waals surface area contributed by atoms with Crippen LogP contribution in [0.3, 0.4) is 0 Å². The van der Waals surface area contributed by atoms with Crippen LogP contribution in [0.25, 0.3) is 10.9 Å². The first-order valence-electron chi connectivity index (χ1n) is 12.6. The van der Waals surface area contributed by atoms with Crippen molar-refractivity contribution in [2.75, 3.05) is 13.1 Å². The first kappa shape index (κ1) is 25.7. The number of aliphatic carboxylic acids is 1. The number of carbonyl (C=O) groups is 4. The van der Waals surface area contributed by atoms with Gasteiger partial charge in [-0.2, -0.15) is 0 Å². The zero-order valence-electron chi connectivity index (χ0n) is 20.8. The van der Waals surface area contributed by atoms with E-state index in [0.29, 0.717) is 38.8 Å². The summed E-state index contributed by atoms with van der Waals surface area (Å²) in [5.41, 5.74) is 7.86. The topological polar surface area (TPSA) is 149 Å². The molecule has 0 spiro atoms. The van der Waals surface area contributed by atoms with Crippen LogP contribution in [0, 0.1) is 5.92 Å². The van der Waals surface area contributed by atoms with Crippen molar-refractivity contribution in [1.29, 1.82) is 0 Å². The van der Waals surface area contributed by atoms with Crippen LogP contribution in [-0.2, 0) is 25.6 Å². The van der Waals surface area contributed by atoms with Crippen molar-refractivity contribution in [3.63, 3.8) is 0 Å². The summed E-state index contributed by atoms with van der Waals surface area (Å²) in [7, 11) is 0. The van der Waals surface area contributed by atoms with Gasteiger partial charge in [0.1, 0.15) is 18.1 Å². The molecule has 2 aromatic rings. The lowest BCUT2D eigenvalue weighted by Gasteiger charge is -2.32. The van der Waals surface area contributed by atoms with Gasteiger partial charge in [0.2, 0.25) is 17.7 Å². The molecule has 0 radical (unpaired) electrons. The van der Waals surface area contributed by atoms with Crippen molar-refractivity contribution in [2.24, 2.45) is 11.7 Å². The summed E-state index contributed by atoms with van der Waals surface area (Å²) >= 11 is 0. The molecular formula is C26H35N5O5. The number of H-pyrrole nitrogens is 1. The summed E-state index contributed by atoms with van der Waals surface area (Å²) < 4.78 is 0. The van der Waals surface area contributed by atoms with E-state index in [2.05, 4.69) is 10.3 Å². The Morgan fingerprint density at radius 1 is 1.08 bits per heavy atom. The number of aromatic nitrogens is 1. The number of nitrogens with zero attached hydrogens (tertiary/aromatic N) is 2. The van der Waals surface area contributed by atoms with Crippen LogP contribution in [0.2, 0.25) is 0 Å². The second kappa shape index (κ2) is 10.7.